The molecule has 1 N–H and O–H groups in total. The standard InChI is InChI=1S/C24H19NO/c26-24(20-13-6-2-7-14-20,21-15-8-3-9-16-21)23-18-10-17-22(25-23)19-11-4-1-5-12-19/h1-18,26H. The summed E-state index contributed by atoms with van der Waals surface area (Å²) in [6.45, 7) is 0. The molecule has 126 valence electrons. The number of aromatic nitrogens is 1. The summed E-state index contributed by atoms with van der Waals surface area (Å²) >= 11 is 0. The fourth-order valence-electron chi connectivity index (χ4n) is 3.23. The summed E-state index contributed by atoms with van der Waals surface area (Å²) in [5.41, 5.74) is 2.75. The smallest absolute Gasteiger partial charge is 0.157 e. The Morgan fingerprint density at radius 1 is 0.538 bits per heavy atom. The summed E-state index contributed by atoms with van der Waals surface area (Å²) in [5.74, 6) is 0. The van der Waals surface area contributed by atoms with Gasteiger partial charge in [-0.05, 0) is 23.3 Å². The van der Waals surface area contributed by atoms with Crippen LogP contribution >= 0.6 is 0 Å². The van der Waals surface area contributed by atoms with Gasteiger partial charge in [-0.1, -0.05) is 97.1 Å². The Kier molecular flexibility index (Phi) is 4.34. The lowest BCUT2D eigenvalue weighted by Gasteiger charge is -2.29. The van der Waals surface area contributed by atoms with Crippen LogP contribution in [0, 0.1) is 0 Å². The number of hydrogen-bond acceptors (Lipinski definition) is 2. The van der Waals surface area contributed by atoms with Gasteiger partial charge in [0.05, 0.1) is 11.4 Å². The lowest BCUT2D eigenvalue weighted by Crippen LogP contribution is -2.30. The molecule has 0 aliphatic heterocycles. The summed E-state index contributed by atoms with van der Waals surface area (Å²) in [4.78, 5) is 4.82. The number of rotatable bonds is 4. The zero-order valence-electron chi connectivity index (χ0n) is 14.3. The molecule has 0 spiro atoms. The van der Waals surface area contributed by atoms with Crippen LogP contribution in [0.15, 0.2) is 109 Å². The first-order valence-electron chi connectivity index (χ1n) is 8.65. The van der Waals surface area contributed by atoms with Crippen LogP contribution in [0.25, 0.3) is 11.3 Å². The molecule has 3 aromatic carbocycles. The second kappa shape index (κ2) is 6.95. The lowest BCUT2D eigenvalue weighted by atomic mass is 9.83. The Morgan fingerprint density at radius 2 is 1.04 bits per heavy atom. The molecule has 0 saturated carbocycles. The predicted octanol–water partition coefficient (Wildman–Crippen LogP) is 5.03. The minimum absolute atomic E-state index is 0.608. The summed E-state index contributed by atoms with van der Waals surface area (Å²) in [7, 11) is 0. The van der Waals surface area contributed by atoms with E-state index in [4.69, 9.17) is 4.98 Å². The van der Waals surface area contributed by atoms with Gasteiger partial charge in [-0.15, -0.1) is 0 Å². The molecule has 4 aromatic rings. The molecule has 0 radical (unpaired) electrons. The van der Waals surface area contributed by atoms with E-state index in [0.29, 0.717) is 5.69 Å². The molecular formula is C24H19NO. The zero-order valence-corrected chi connectivity index (χ0v) is 14.3. The van der Waals surface area contributed by atoms with E-state index >= 15 is 0 Å². The Bertz CT molecular complexity index is 943. The van der Waals surface area contributed by atoms with Crippen LogP contribution < -0.4 is 0 Å². The molecule has 0 atom stereocenters. The van der Waals surface area contributed by atoms with Gasteiger partial charge in [0.2, 0.25) is 0 Å². The average molecular weight is 337 g/mol. The average Bonchev–Trinajstić information content (AvgIpc) is 2.75. The van der Waals surface area contributed by atoms with Gasteiger partial charge < -0.3 is 5.11 Å². The van der Waals surface area contributed by atoms with E-state index in [2.05, 4.69) is 0 Å². The molecule has 2 nitrogen and oxygen atoms in total. The molecule has 4 rings (SSSR count). The second-order valence-corrected chi connectivity index (χ2v) is 6.22. The number of nitrogens with zero attached hydrogens (tertiary/aromatic N) is 1. The third-order valence-electron chi connectivity index (χ3n) is 4.57. The molecule has 0 aliphatic carbocycles. The monoisotopic (exact) mass is 337 g/mol. The van der Waals surface area contributed by atoms with Crippen molar-refractivity contribution in [1.82, 2.24) is 4.98 Å². The van der Waals surface area contributed by atoms with Gasteiger partial charge in [-0.2, -0.15) is 0 Å². The largest absolute Gasteiger partial charge is 0.374 e. The van der Waals surface area contributed by atoms with Gasteiger partial charge in [0.15, 0.2) is 5.60 Å². The van der Waals surface area contributed by atoms with Crippen LogP contribution in [0.5, 0.6) is 0 Å². The molecule has 0 amide bonds. The molecule has 0 bridgehead atoms. The summed E-state index contributed by atoms with van der Waals surface area (Å²) in [6.07, 6.45) is 0. The molecule has 26 heavy (non-hydrogen) atoms. The van der Waals surface area contributed by atoms with Gasteiger partial charge >= 0.3 is 0 Å². The highest BCUT2D eigenvalue weighted by Crippen LogP contribution is 2.36. The first-order valence-corrected chi connectivity index (χ1v) is 8.65. The Hall–Kier alpha value is -3.23. The van der Waals surface area contributed by atoms with Crippen molar-refractivity contribution in [3.8, 4) is 11.3 Å². The highest BCUT2D eigenvalue weighted by molar-refractivity contribution is 5.60. The Balaban J connectivity index is 1.91. The van der Waals surface area contributed by atoms with Gasteiger partial charge in [0.1, 0.15) is 0 Å². The molecule has 0 saturated heterocycles. The topological polar surface area (TPSA) is 33.1 Å². The Morgan fingerprint density at radius 3 is 1.58 bits per heavy atom. The van der Waals surface area contributed by atoms with Crippen molar-refractivity contribution in [2.24, 2.45) is 0 Å². The van der Waals surface area contributed by atoms with E-state index in [1.807, 2.05) is 109 Å². The Labute approximate surface area is 153 Å². The molecule has 0 aliphatic rings. The SMILES string of the molecule is OC(c1ccccc1)(c1ccccc1)c1cccc(-c2ccccc2)n1. The molecule has 1 heterocycles. The van der Waals surface area contributed by atoms with Gasteiger partial charge in [-0.25, -0.2) is 4.98 Å². The van der Waals surface area contributed by atoms with Gasteiger partial charge in [0, 0.05) is 5.56 Å². The maximum absolute atomic E-state index is 11.8. The van der Waals surface area contributed by atoms with Gasteiger partial charge in [0.25, 0.3) is 0 Å². The van der Waals surface area contributed by atoms with Crippen molar-refractivity contribution >= 4 is 0 Å². The van der Waals surface area contributed by atoms with E-state index in [9.17, 15) is 5.11 Å². The van der Waals surface area contributed by atoms with Crippen molar-refractivity contribution in [2.45, 2.75) is 5.60 Å². The van der Waals surface area contributed by atoms with Crippen LogP contribution in [-0.4, -0.2) is 10.1 Å². The lowest BCUT2D eigenvalue weighted by molar-refractivity contribution is 0.121. The third kappa shape index (κ3) is 2.92. The highest BCUT2D eigenvalue weighted by Gasteiger charge is 2.35. The van der Waals surface area contributed by atoms with E-state index in [1.165, 1.54) is 0 Å². The number of hydrogen-bond donors (Lipinski definition) is 1. The fourth-order valence-corrected chi connectivity index (χ4v) is 3.23. The van der Waals surface area contributed by atoms with E-state index in [0.717, 1.165) is 22.4 Å². The minimum atomic E-state index is -1.31. The summed E-state index contributed by atoms with van der Waals surface area (Å²) in [5, 5.41) is 11.8. The maximum Gasteiger partial charge on any atom is 0.157 e. The van der Waals surface area contributed by atoms with Crippen LogP contribution in [0.4, 0.5) is 0 Å². The normalized spacial score (nSPS) is 11.3. The fraction of sp³-hybridized carbons (Fsp3) is 0.0417. The maximum atomic E-state index is 11.8. The first kappa shape index (κ1) is 16.2. The highest BCUT2D eigenvalue weighted by atomic mass is 16.3. The van der Waals surface area contributed by atoms with Crippen LogP contribution in [0.1, 0.15) is 16.8 Å². The van der Waals surface area contributed by atoms with E-state index in [-0.39, 0.29) is 0 Å². The van der Waals surface area contributed by atoms with Crippen molar-refractivity contribution in [3.05, 3.63) is 126 Å². The number of benzene rings is 3. The van der Waals surface area contributed by atoms with Crippen LogP contribution in [0.3, 0.4) is 0 Å². The molecule has 1 aromatic heterocycles. The van der Waals surface area contributed by atoms with Crippen molar-refractivity contribution in [3.63, 3.8) is 0 Å². The predicted molar refractivity (Wildman–Crippen MR) is 105 cm³/mol. The van der Waals surface area contributed by atoms with E-state index in [1.54, 1.807) is 0 Å². The molecular weight excluding hydrogens is 318 g/mol. The van der Waals surface area contributed by atoms with Crippen molar-refractivity contribution in [1.29, 1.82) is 0 Å². The zero-order chi connectivity index (χ0) is 17.8. The van der Waals surface area contributed by atoms with Crippen molar-refractivity contribution < 1.29 is 5.11 Å². The first-order chi connectivity index (χ1) is 12.8. The molecule has 0 unspecified atom stereocenters. The second-order valence-electron chi connectivity index (χ2n) is 6.22. The van der Waals surface area contributed by atoms with Gasteiger partial charge in [-0.3, -0.25) is 0 Å². The van der Waals surface area contributed by atoms with Crippen LogP contribution in [-0.2, 0) is 5.60 Å². The van der Waals surface area contributed by atoms with E-state index < -0.39 is 5.60 Å². The van der Waals surface area contributed by atoms with Crippen molar-refractivity contribution in [2.75, 3.05) is 0 Å². The van der Waals surface area contributed by atoms with Crippen LogP contribution in [0.2, 0.25) is 0 Å². The molecule has 0 fully saturated rings. The molecule has 2 heteroatoms. The quantitative estimate of drug-likeness (QED) is 0.566. The third-order valence-corrected chi connectivity index (χ3v) is 4.57. The summed E-state index contributed by atoms with van der Waals surface area (Å²) < 4.78 is 0. The minimum Gasteiger partial charge on any atom is -0.374 e. The number of aliphatic hydroxyl groups is 1. The number of pyridine rings is 1. The summed E-state index contributed by atoms with van der Waals surface area (Å²) in [6, 6.07) is 35.2.